The summed E-state index contributed by atoms with van der Waals surface area (Å²) >= 11 is 3.22. The van der Waals surface area contributed by atoms with E-state index in [0.29, 0.717) is 17.4 Å². The summed E-state index contributed by atoms with van der Waals surface area (Å²) in [5, 5.41) is 0. The first-order valence-corrected chi connectivity index (χ1v) is 4.20. The summed E-state index contributed by atoms with van der Waals surface area (Å²) in [5.74, 6) is -0.0930. The second-order valence-electron chi connectivity index (χ2n) is 2.41. The van der Waals surface area contributed by atoms with Gasteiger partial charge in [-0.25, -0.2) is 0 Å². The minimum atomic E-state index is -0.0930. The molecule has 2 nitrogen and oxygen atoms in total. The fourth-order valence-corrected chi connectivity index (χ4v) is 1.33. The van der Waals surface area contributed by atoms with Crippen molar-refractivity contribution in [2.45, 2.75) is 6.92 Å². The molecule has 0 aliphatic carbocycles. The molecule has 0 aromatic heterocycles. The van der Waals surface area contributed by atoms with Crippen LogP contribution in [0, 0.1) is 0 Å². The molecule has 0 saturated heterocycles. The molecule has 0 atom stereocenters. The second-order valence-corrected chi connectivity index (χ2v) is 3.32. The SMILES string of the molecule is CC(=O)c1ccc(Br)cc1C=O. The molecule has 0 aliphatic heterocycles. The van der Waals surface area contributed by atoms with Gasteiger partial charge in [0.25, 0.3) is 0 Å². The second kappa shape index (κ2) is 3.63. The van der Waals surface area contributed by atoms with Crippen LogP contribution in [0.15, 0.2) is 22.7 Å². The number of hydrogen-bond acceptors (Lipinski definition) is 2. The van der Waals surface area contributed by atoms with E-state index in [9.17, 15) is 9.59 Å². The van der Waals surface area contributed by atoms with Crippen molar-refractivity contribution in [1.82, 2.24) is 0 Å². The van der Waals surface area contributed by atoms with Gasteiger partial charge in [-0.05, 0) is 25.1 Å². The lowest BCUT2D eigenvalue weighted by Crippen LogP contribution is -1.97. The summed E-state index contributed by atoms with van der Waals surface area (Å²) in [7, 11) is 0. The number of aldehydes is 1. The Morgan fingerprint density at radius 2 is 2.17 bits per heavy atom. The molecular formula is C9H7BrO2. The fraction of sp³-hybridized carbons (Fsp3) is 0.111. The van der Waals surface area contributed by atoms with Gasteiger partial charge in [-0.1, -0.05) is 15.9 Å². The molecule has 1 aromatic rings. The number of carbonyl (C=O) groups is 2. The van der Waals surface area contributed by atoms with E-state index < -0.39 is 0 Å². The third-order valence-corrected chi connectivity index (χ3v) is 2.01. The maximum atomic E-state index is 11.0. The number of ketones is 1. The summed E-state index contributed by atoms with van der Waals surface area (Å²) in [6.07, 6.45) is 0.682. The molecule has 0 fully saturated rings. The summed E-state index contributed by atoms with van der Waals surface area (Å²) in [4.78, 5) is 21.5. The third kappa shape index (κ3) is 1.80. The van der Waals surface area contributed by atoms with Crippen LogP contribution in [-0.2, 0) is 0 Å². The molecule has 12 heavy (non-hydrogen) atoms. The first-order valence-electron chi connectivity index (χ1n) is 3.41. The van der Waals surface area contributed by atoms with Crippen LogP contribution in [0.25, 0.3) is 0 Å². The lowest BCUT2D eigenvalue weighted by Gasteiger charge is -1.99. The summed E-state index contributed by atoms with van der Waals surface area (Å²) in [6, 6.07) is 5.00. The van der Waals surface area contributed by atoms with Crippen LogP contribution in [0.4, 0.5) is 0 Å². The third-order valence-electron chi connectivity index (χ3n) is 1.52. The number of hydrogen-bond donors (Lipinski definition) is 0. The Balaban J connectivity index is 3.29. The molecular weight excluding hydrogens is 220 g/mol. The molecule has 0 aliphatic rings. The minimum absolute atomic E-state index is 0.0930. The number of Topliss-reactive ketones (excluding diaryl/α,β-unsaturated/α-hetero) is 1. The molecule has 1 aromatic carbocycles. The van der Waals surface area contributed by atoms with Crippen LogP contribution < -0.4 is 0 Å². The highest BCUT2D eigenvalue weighted by Gasteiger charge is 2.05. The van der Waals surface area contributed by atoms with Crippen molar-refractivity contribution in [3.8, 4) is 0 Å². The molecule has 62 valence electrons. The molecule has 0 heterocycles. The quantitative estimate of drug-likeness (QED) is 0.574. The van der Waals surface area contributed by atoms with Gasteiger partial charge in [0, 0.05) is 15.6 Å². The van der Waals surface area contributed by atoms with Gasteiger partial charge in [-0.15, -0.1) is 0 Å². The maximum Gasteiger partial charge on any atom is 0.160 e. The van der Waals surface area contributed by atoms with Gasteiger partial charge in [0.15, 0.2) is 12.1 Å². The van der Waals surface area contributed by atoms with Crippen molar-refractivity contribution in [1.29, 1.82) is 0 Å². The van der Waals surface area contributed by atoms with Gasteiger partial charge in [0.2, 0.25) is 0 Å². The first kappa shape index (κ1) is 9.13. The zero-order valence-electron chi connectivity index (χ0n) is 6.50. The molecule has 0 bridgehead atoms. The smallest absolute Gasteiger partial charge is 0.160 e. The molecule has 0 unspecified atom stereocenters. The van der Waals surface area contributed by atoms with Crippen molar-refractivity contribution >= 4 is 28.0 Å². The highest BCUT2D eigenvalue weighted by molar-refractivity contribution is 9.10. The van der Waals surface area contributed by atoms with E-state index in [1.54, 1.807) is 18.2 Å². The predicted octanol–water partition coefficient (Wildman–Crippen LogP) is 2.46. The number of carbonyl (C=O) groups excluding carboxylic acids is 2. The Bertz CT molecular complexity index is 331. The number of halogens is 1. The van der Waals surface area contributed by atoms with E-state index in [1.807, 2.05) is 0 Å². The Morgan fingerprint density at radius 3 is 2.67 bits per heavy atom. The Hall–Kier alpha value is -0.960. The van der Waals surface area contributed by atoms with Crippen LogP contribution >= 0.6 is 15.9 Å². The highest BCUT2D eigenvalue weighted by atomic mass is 79.9. The largest absolute Gasteiger partial charge is 0.298 e. The molecule has 1 rings (SSSR count). The molecule has 0 amide bonds. The average Bonchev–Trinajstić information content (AvgIpc) is 2.03. The van der Waals surface area contributed by atoms with E-state index in [0.717, 1.165) is 4.47 Å². The first-order chi connectivity index (χ1) is 5.65. The van der Waals surface area contributed by atoms with E-state index in [1.165, 1.54) is 6.92 Å². The van der Waals surface area contributed by atoms with Crippen molar-refractivity contribution in [2.75, 3.05) is 0 Å². The topological polar surface area (TPSA) is 34.1 Å². The van der Waals surface area contributed by atoms with Gasteiger partial charge in [0.1, 0.15) is 0 Å². The molecule has 0 spiro atoms. The summed E-state index contributed by atoms with van der Waals surface area (Å²) in [5.41, 5.74) is 0.894. The predicted molar refractivity (Wildman–Crippen MR) is 49.5 cm³/mol. The zero-order valence-corrected chi connectivity index (χ0v) is 8.09. The summed E-state index contributed by atoms with van der Waals surface area (Å²) < 4.78 is 0.801. The standard InChI is InChI=1S/C9H7BrO2/c1-6(12)9-3-2-8(10)4-7(9)5-11/h2-5H,1H3. The maximum absolute atomic E-state index is 11.0. The Morgan fingerprint density at radius 1 is 1.50 bits per heavy atom. The van der Waals surface area contributed by atoms with Gasteiger partial charge >= 0.3 is 0 Å². The van der Waals surface area contributed by atoms with Crippen LogP contribution in [0.3, 0.4) is 0 Å². The van der Waals surface area contributed by atoms with Crippen molar-refractivity contribution in [3.05, 3.63) is 33.8 Å². The van der Waals surface area contributed by atoms with Gasteiger partial charge in [-0.3, -0.25) is 9.59 Å². The Labute approximate surface area is 78.7 Å². The van der Waals surface area contributed by atoms with Crippen molar-refractivity contribution < 1.29 is 9.59 Å². The Kier molecular flexibility index (Phi) is 2.76. The van der Waals surface area contributed by atoms with E-state index >= 15 is 0 Å². The van der Waals surface area contributed by atoms with Crippen molar-refractivity contribution in [3.63, 3.8) is 0 Å². The molecule has 0 saturated carbocycles. The van der Waals surface area contributed by atoms with Crippen LogP contribution in [-0.4, -0.2) is 12.1 Å². The minimum Gasteiger partial charge on any atom is -0.298 e. The molecule has 3 heteroatoms. The lowest BCUT2D eigenvalue weighted by molar-refractivity contribution is 0.101. The van der Waals surface area contributed by atoms with Crippen LogP contribution in [0.1, 0.15) is 27.6 Å². The van der Waals surface area contributed by atoms with E-state index in [4.69, 9.17) is 0 Å². The van der Waals surface area contributed by atoms with Gasteiger partial charge in [-0.2, -0.15) is 0 Å². The average molecular weight is 227 g/mol. The van der Waals surface area contributed by atoms with E-state index in [-0.39, 0.29) is 5.78 Å². The number of benzene rings is 1. The number of rotatable bonds is 2. The normalized spacial score (nSPS) is 9.50. The fourth-order valence-electron chi connectivity index (χ4n) is 0.952. The van der Waals surface area contributed by atoms with Crippen molar-refractivity contribution in [2.24, 2.45) is 0 Å². The van der Waals surface area contributed by atoms with Crippen LogP contribution in [0.5, 0.6) is 0 Å². The monoisotopic (exact) mass is 226 g/mol. The van der Waals surface area contributed by atoms with Crippen LogP contribution in [0.2, 0.25) is 0 Å². The van der Waals surface area contributed by atoms with E-state index in [2.05, 4.69) is 15.9 Å². The molecule has 0 N–H and O–H groups in total. The van der Waals surface area contributed by atoms with Gasteiger partial charge in [0.05, 0.1) is 0 Å². The highest BCUT2D eigenvalue weighted by Crippen LogP contribution is 2.15. The summed E-state index contributed by atoms with van der Waals surface area (Å²) in [6.45, 7) is 1.44. The van der Waals surface area contributed by atoms with Gasteiger partial charge < -0.3 is 0 Å². The zero-order chi connectivity index (χ0) is 9.14. The lowest BCUT2D eigenvalue weighted by atomic mass is 10.1. The molecule has 0 radical (unpaired) electrons.